The molecule has 0 saturated carbocycles. The minimum absolute atomic E-state index is 0.306. The van der Waals surface area contributed by atoms with Crippen molar-refractivity contribution in [2.24, 2.45) is 5.41 Å². The third-order valence-electron chi connectivity index (χ3n) is 4.42. The first-order valence-corrected chi connectivity index (χ1v) is 6.83. The molecule has 0 amide bonds. The van der Waals surface area contributed by atoms with Gasteiger partial charge in [0.25, 0.3) is 0 Å². The second kappa shape index (κ2) is 5.11. The number of carbonyl (C=O) groups is 1. The molecule has 4 heteroatoms. The van der Waals surface area contributed by atoms with Gasteiger partial charge in [-0.3, -0.25) is 0 Å². The Morgan fingerprint density at radius 1 is 1.42 bits per heavy atom. The van der Waals surface area contributed by atoms with Crippen molar-refractivity contribution in [3.8, 4) is 0 Å². The molecule has 1 heterocycles. The van der Waals surface area contributed by atoms with E-state index < -0.39 is 5.97 Å². The summed E-state index contributed by atoms with van der Waals surface area (Å²) >= 11 is 0. The number of anilines is 2. The average molecular weight is 262 g/mol. The lowest BCUT2D eigenvalue weighted by molar-refractivity contribution is 0.0697. The van der Waals surface area contributed by atoms with Gasteiger partial charge in [0.05, 0.1) is 11.3 Å². The normalized spacial score (nSPS) is 18.3. The highest BCUT2D eigenvalue weighted by atomic mass is 16.4. The van der Waals surface area contributed by atoms with Crippen molar-refractivity contribution in [2.45, 2.75) is 33.1 Å². The Kier molecular flexibility index (Phi) is 3.69. The summed E-state index contributed by atoms with van der Waals surface area (Å²) in [5.41, 5.74) is 7.67. The first kappa shape index (κ1) is 13.7. The summed E-state index contributed by atoms with van der Waals surface area (Å²) in [4.78, 5) is 13.5. The molecule has 1 aliphatic heterocycles. The van der Waals surface area contributed by atoms with Crippen molar-refractivity contribution in [3.05, 3.63) is 23.8 Å². The number of rotatable bonds is 3. The molecule has 1 aromatic carbocycles. The molecule has 1 aromatic rings. The van der Waals surface area contributed by atoms with E-state index in [0.29, 0.717) is 16.7 Å². The van der Waals surface area contributed by atoms with Gasteiger partial charge in [-0.05, 0) is 36.5 Å². The van der Waals surface area contributed by atoms with Crippen molar-refractivity contribution in [1.29, 1.82) is 0 Å². The summed E-state index contributed by atoms with van der Waals surface area (Å²) in [5.74, 6) is -0.911. The van der Waals surface area contributed by atoms with Crippen LogP contribution in [0.4, 0.5) is 11.4 Å². The van der Waals surface area contributed by atoms with Gasteiger partial charge in [-0.15, -0.1) is 0 Å². The highest BCUT2D eigenvalue weighted by Gasteiger charge is 2.29. The van der Waals surface area contributed by atoms with E-state index in [1.54, 1.807) is 12.1 Å². The monoisotopic (exact) mass is 262 g/mol. The smallest absolute Gasteiger partial charge is 0.337 e. The topological polar surface area (TPSA) is 66.6 Å². The zero-order valence-corrected chi connectivity index (χ0v) is 11.6. The number of nitrogens with zero attached hydrogens (tertiary/aromatic N) is 1. The van der Waals surface area contributed by atoms with Crippen LogP contribution in [0, 0.1) is 5.41 Å². The van der Waals surface area contributed by atoms with Crippen LogP contribution in [0.3, 0.4) is 0 Å². The lowest BCUT2D eigenvalue weighted by Gasteiger charge is -2.40. The summed E-state index contributed by atoms with van der Waals surface area (Å²) in [6.45, 7) is 6.36. The van der Waals surface area contributed by atoms with Gasteiger partial charge in [-0.25, -0.2) is 4.79 Å². The minimum atomic E-state index is -0.911. The number of aromatic carboxylic acids is 1. The van der Waals surface area contributed by atoms with E-state index in [-0.39, 0.29) is 0 Å². The number of benzene rings is 1. The number of piperidine rings is 1. The van der Waals surface area contributed by atoms with Crippen LogP contribution in [0.5, 0.6) is 0 Å². The first-order valence-electron chi connectivity index (χ1n) is 6.83. The molecule has 1 fully saturated rings. The molecule has 0 radical (unpaired) electrons. The van der Waals surface area contributed by atoms with E-state index >= 15 is 0 Å². The fourth-order valence-electron chi connectivity index (χ4n) is 2.64. The predicted octanol–water partition coefficient (Wildman–Crippen LogP) is 2.98. The molecule has 0 unspecified atom stereocenters. The fraction of sp³-hybridized carbons (Fsp3) is 0.533. The number of hydrogen-bond donors (Lipinski definition) is 2. The average Bonchev–Trinajstić information content (AvgIpc) is 2.40. The van der Waals surface area contributed by atoms with Gasteiger partial charge in [0.2, 0.25) is 0 Å². The van der Waals surface area contributed by atoms with Crippen LogP contribution in [-0.4, -0.2) is 24.2 Å². The van der Waals surface area contributed by atoms with Gasteiger partial charge in [0, 0.05) is 18.8 Å². The van der Waals surface area contributed by atoms with E-state index in [1.807, 2.05) is 6.07 Å². The van der Waals surface area contributed by atoms with Crippen LogP contribution in [0.15, 0.2) is 18.2 Å². The van der Waals surface area contributed by atoms with Crippen molar-refractivity contribution < 1.29 is 9.90 Å². The maximum Gasteiger partial charge on any atom is 0.337 e. The van der Waals surface area contributed by atoms with Crippen LogP contribution in [0.25, 0.3) is 0 Å². The summed E-state index contributed by atoms with van der Waals surface area (Å²) in [6, 6.07) is 5.15. The van der Waals surface area contributed by atoms with E-state index in [0.717, 1.165) is 31.6 Å². The van der Waals surface area contributed by atoms with Crippen LogP contribution in [-0.2, 0) is 0 Å². The van der Waals surface area contributed by atoms with E-state index in [2.05, 4.69) is 18.7 Å². The fourth-order valence-corrected chi connectivity index (χ4v) is 2.64. The molecule has 0 aromatic heterocycles. The highest BCUT2D eigenvalue weighted by molar-refractivity contribution is 5.95. The van der Waals surface area contributed by atoms with Crippen molar-refractivity contribution in [3.63, 3.8) is 0 Å². The molecule has 3 N–H and O–H groups in total. The summed E-state index contributed by atoms with van der Waals surface area (Å²) in [6.07, 6.45) is 3.38. The molecule has 2 rings (SSSR count). The van der Waals surface area contributed by atoms with Crippen LogP contribution >= 0.6 is 0 Å². The Bertz CT molecular complexity index is 477. The molecule has 1 saturated heterocycles. The lowest BCUT2D eigenvalue weighted by atomic mass is 9.78. The molecule has 0 atom stereocenters. The first-order chi connectivity index (χ1) is 8.95. The third-order valence-corrected chi connectivity index (χ3v) is 4.42. The Balaban J connectivity index is 2.22. The van der Waals surface area contributed by atoms with Gasteiger partial charge >= 0.3 is 5.97 Å². The van der Waals surface area contributed by atoms with E-state index in [9.17, 15) is 9.90 Å². The number of nitrogen functional groups attached to an aromatic ring is 1. The molecule has 4 nitrogen and oxygen atoms in total. The molecule has 0 bridgehead atoms. The van der Waals surface area contributed by atoms with Gasteiger partial charge in [0.15, 0.2) is 0 Å². The van der Waals surface area contributed by atoms with Crippen molar-refractivity contribution in [1.82, 2.24) is 0 Å². The second-order valence-electron chi connectivity index (χ2n) is 5.73. The zero-order valence-electron chi connectivity index (χ0n) is 11.6. The maximum atomic E-state index is 11.3. The SMILES string of the molecule is CCC1(C)CCN(c2ccc(N)cc2C(=O)O)CC1. The number of nitrogens with two attached hydrogens (primary N) is 1. The molecule has 104 valence electrons. The quantitative estimate of drug-likeness (QED) is 0.822. The zero-order chi connectivity index (χ0) is 14.0. The number of hydrogen-bond acceptors (Lipinski definition) is 3. The van der Waals surface area contributed by atoms with Crippen molar-refractivity contribution in [2.75, 3.05) is 23.7 Å². The molecular formula is C15H22N2O2. The van der Waals surface area contributed by atoms with Crippen LogP contribution < -0.4 is 10.6 Å². The second-order valence-corrected chi connectivity index (χ2v) is 5.73. The standard InChI is InChI=1S/C15H22N2O2/c1-3-15(2)6-8-17(9-7-15)13-5-4-11(16)10-12(13)14(18)19/h4-5,10H,3,6-9,16H2,1-2H3,(H,18,19). The summed E-state index contributed by atoms with van der Waals surface area (Å²) in [7, 11) is 0. The largest absolute Gasteiger partial charge is 0.478 e. The highest BCUT2D eigenvalue weighted by Crippen LogP contribution is 2.36. The van der Waals surface area contributed by atoms with Crippen LogP contribution in [0.1, 0.15) is 43.5 Å². The van der Waals surface area contributed by atoms with E-state index in [1.165, 1.54) is 6.42 Å². The molecule has 1 aliphatic rings. The number of carboxylic acid groups (broad SMARTS) is 1. The Morgan fingerprint density at radius 3 is 2.58 bits per heavy atom. The van der Waals surface area contributed by atoms with Gasteiger partial charge < -0.3 is 15.7 Å². The van der Waals surface area contributed by atoms with Gasteiger partial charge in [0.1, 0.15) is 0 Å². The predicted molar refractivity (Wildman–Crippen MR) is 77.7 cm³/mol. The lowest BCUT2D eigenvalue weighted by Crippen LogP contribution is -2.39. The number of carboxylic acids is 1. The van der Waals surface area contributed by atoms with Crippen molar-refractivity contribution >= 4 is 17.3 Å². The minimum Gasteiger partial charge on any atom is -0.478 e. The Morgan fingerprint density at radius 2 is 2.05 bits per heavy atom. The van der Waals surface area contributed by atoms with E-state index in [4.69, 9.17) is 5.73 Å². The maximum absolute atomic E-state index is 11.3. The molecular weight excluding hydrogens is 240 g/mol. The molecule has 0 spiro atoms. The molecule has 0 aliphatic carbocycles. The Hall–Kier alpha value is -1.71. The van der Waals surface area contributed by atoms with Gasteiger partial charge in [-0.2, -0.15) is 0 Å². The van der Waals surface area contributed by atoms with Gasteiger partial charge in [-0.1, -0.05) is 20.3 Å². The third kappa shape index (κ3) is 2.83. The summed E-state index contributed by atoms with van der Waals surface area (Å²) in [5, 5.41) is 9.29. The Labute approximate surface area is 114 Å². The summed E-state index contributed by atoms with van der Waals surface area (Å²) < 4.78 is 0. The van der Waals surface area contributed by atoms with Crippen LogP contribution in [0.2, 0.25) is 0 Å². The molecule has 19 heavy (non-hydrogen) atoms.